The van der Waals surface area contributed by atoms with E-state index >= 15 is 0 Å². The molecule has 0 saturated heterocycles. The topological polar surface area (TPSA) is 196 Å². The molecule has 330 valence electrons. The average Bonchev–Trinajstić information content (AvgIpc) is 3.37. The molecule has 12 heterocycles. The Morgan fingerprint density at radius 1 is 0.212 bits per heavy atom. The van der Waals surface area contributed by atoms with Gasteiger partial charge in [-0.05, 0) is 178 Å². The van der Waals surface area contributed by atoms with E-state index in [0.717, 1.165) is 66.8 Å². The molecule has 6 aromatic carbocycles. The van der Waals surface area contributed by atoms with Crippen molar-refractivity contribution in [3.05, 3.63) is 173 Å². The SMILES string of the molecule is Oc1cc2c3cc1C=NCCN=Cc1cc4c(cc1O)Cc1cc5c(O)cc1Cc1cc(c(O)cc1C4)C=NCCN=Cc1cc(c(cc1O)Cc1cc(c(O)cc1C3)C=NCCN=C5)C2. The van der Waals surface area contributed by atoms with E-state index in [-0.39, 0.29) is 34.5 Å². The number of aliphatic imine (C=N–C) groups is 6. The molecule has 12 aliphatic heterocycles. The molecule has 0 fully saturated rings. The summed E-state index contributed by atoms with van der Waals surface area (Å²) in [4.78, 5) is 27.8. The lowest BCUT2D eigenvalue weighted by Crippen LogP contribution is -2.02. The Bertz CT molecular complexity index is 2590. The van der Waals surface area contributed by atoms with Crippen molar-refractivity contribution in [3.63, 3.8) is 0 Å². The zero-order valence-electron chi connectivity index (χ0n) is 36.2. The summed E-state index contributed by atoms with van der Waals surface area (Å²) in [7, 11) is 0. The zero-order chi connectivity index (χ0) is 45.3. The zero-order valence-corrected chi connectivity index (χ0v) is 36.2. The molecule has 66 heavy (non-hydrogen) atoms. The van der Waals surface area contributed by atoms with Gasteiger partial charge in [0.2, 0.25) is 0 Å². The van der Waals surface area contributed by atoms with E-state index in [2.05, 4.69) is 30.0 Å². The molecule has 12 nitrogen and oxygen atoms in total. The third-order valence-electron chi connectivity index (χ3n) is 12.8. The van der Waals surface area contributed by atoms with Gasteiger partial charge < -0.3 is 30.6 Å². The van der Waals surface area contributed by atoms with Gasteiger partial charge in [-0.3, -0.25) is 30.0 Å². The van der Waals surface area contributed by atoms with E-state index < -0.39 is 0 Å². The number of benzene rings is 6. The fourth-order valence-electron chi connectivity index (χ4n) is 9.32. The fourth-order valence-corrected chi connectivity index (χ4v) is 9.32. The molecule has 2 aliphatic carbocycles. The Morgan fingerprint density at radius 2 is 0.348 bits per heavy atom. The third-order valence-corrected chi connectivity index (χ3v) is 12.8. The first-order valence-electron chi connectivity index (χ1n) is 22.2. The highest BCUT2D eigenvalue weighted by Crippen LogP contribution is 2.37. The molecule has 20 rings (SSSR count). The molecule has 6 N–H and O–H groups in total. The monoisotopic (exact) mass is 876 g/mol. The van der Waals surface area contributed by atoms with Gasteiger partial charge in [0.25, 0.3) is 0 Å². The highest BCUT2D eigenvalue weighted by atomic mass is 16.3. The summed E-state index contributed by atoms with van der Waals surface area (Å²) in [5.74, 6) is 0.488. The predicted octanol–water partition coefficient (Wildman–Crippen LogP) is 7.33. The number of phenols is 6. The van der Waals surface area contributed by atoms with E-state index in [0.29, 0.717) is 111 Å². The summed E-state index contributed by atoms with van der Waals surface area (Å²) >= 11 is 0. The molecule has 0 radical (unpaired) electrons. The number of nitrogens with zero attached hydrogens (tertiary/aromatic N) is 6. The smallest absolute Gasteiger partial charge is 0.124 e. The number of rotatable bonds is 0. The van der Waals surface area contributed by atoms with Crippen LogP contribution in [0, 0.1) is 0 Å². The maximum absolute atomic E-state index is 11.4. The van der Waals surface area contributed by atoms with Crippen LogP contribution in [0.3, 0.4) is 0 Å². The van der Waals surface area contributed by atoms with Crippen LogP contribution in [0.5, 0.6) is 34.5 Å². The van der Waals surface area contributed by atoms with Crippen molar-refractivity contribution in [1.82, 2.24) is 0 Å². The Balaban J connectivity index is 1.16. The molecular formula is C54H48N6O6. The van der Waals surface area contributed by atoms with Crippen LogP contribution in [0.25, 0.3) is 0 Å². The molecule has 0 amide bonds. The van der Waals surface area contributed by atoms with E-state index in [4.69, 9.17) is 0 Å². The van der Waals surface area contributed by atoms with Crippen LogP contribution in [0.1, 0.15) is 100 Å². The van der Waals surface area contributed by atoms with Gasteiger partial charge in [0.05, 0.1) is 39.3 Å². The number of phenolic OH excluding ortho intramolecular Hbond substituents is 6. The van der Waals surface area contributed by atoms with Gasteiger partial charge in [0, 0.05) is 70.7 Å². The molecule has 14 aliphatic rings. The molecular weight excluding hydrogens is 829 g/mol. The van der Waals surface area contributed by atoms with Gasteiger partial charge in [0.1, 0.15) is 34.5 Å². The lowest BCUT2D eigenvalue weighted by Gasteiger charge is -2.14. The van der Waals surface area contributed by atoms with E-state index in [1.165, 1.54) is 0 Å². The second-order valence-corrected chi connectivity index (χ2v) is 17.4. The summed E-state index contributed by atoms with van der Waals surface area (Å²) in [5.41, 5.74) is 14.4. The highest BCUT2D eigenvalue weighted by molar-refractivity contribution is 5.88. The molecule has 0 saturated carbocycles. The van der Waals surface area contributed by atoms with Crippen molar-refractivity contribution in [2.45, 2.75) is 38.5 Å². The van der Waals surface area contributed by atoms with E-state index in [1.54, 1.807) is 73.7 Å². The van der Waals surface area contributed by atoms with E-state index in [9.17, 15) is 30.6 Å². The van der Waals surface area contributed by atoms with Crippen LogP contribution in [0.2, 0.25) is 0 Å². The summed E-state index contributed by atoms with van der Waals surface area (Å²) in [5, 5.41) is 68.3. The van der Waals surface area contributed by atoms with Crippen molar-refractivity contribution in [2.24, 2.45) is 30.0 Å². The quantitative estimate of drug-likeness (QED) is 0.0923. The van der Waals surface area contributed by atoms with Gasteiger partial charge in [-0.1, -0.05) is 0 Å². The predicted molar refractivity (Wildman–Crippen MR) is 260 cm³/mol. The van der Waals surface area contributed by atoms with Crippen molar-refractivity contribution >= 4 is 37.3 Å². The Hall–Kier alpha value is -7.86. The summed E-state index contributed by atoms with van der Waals surface area (Å²) in [6, 6.07) is 22.3. The molecule has 0 atom stereocenters. The maximum atomic E-state index is 11.4. The van der Waals surface area contributed by atoms with Crippen LogP contribution >= 0.6 is 0 Å². The highest BCUT2D eigenvalue weighted by Gasteiger charge is 2.22. The minimum absolute atomic E-state index is 0.0813. The Morgan fingerprint density at radius 3 is 0.500 bits per heavy atom. The summed E-state index contributed by atoms with van der Waals surface area (Å²) < 4.78 is 0. The molecule has 6 aromatic rings. The normalized spacial score (nSPS) is 15.5. The standard InChI is InChI=1S/C54H48N6O6/c61-49-19-37-9-33-15-45-27-57-3-5-60-30-48-18-36-12-42-24-54(66)47-17-35(42)10-39-20-50(62)44(14-32(39)8-40(36)22-52(48)64)26-56-2-1-55-25-43(49)13-31(37)7-38-21-51(63)46(28-58-4-6-59-29-47)16-34(38)11-41(33)23-53(45)65/h13-30,61-66H,1-12H2. The van der Waals surface area contributed by atoms with E-state index in [1.807, 2.05) is 36.4 Å². The van der Waals surface area contributed by atoms with Crippen LogP contribution in [-0.4, -0.2) is 107 Å². The lowest BCUT2D eigenvalue weighted by atomic mass is 9.92. The first-order valence-corrected chi connectivity index (χ1v) is 22.2. The van der Waals surface area contributed by atoms with Crippen LogP contribution in [-0.2, 0) is 38.5 Å². The second-order valence-electron chi connectivity index (χ2n) is 17.4. The first kappa shape index (κ1) is 42.1. The van der Waals surface area contributed by atoms with Crippen LogP contribution in [0.4, 0.5) is 0 Å². The molecule has 0 unspecified atom stereocenters. The minimum Gasteiger partial charge on any atom is -0.507 e. The fraction of sp³-hybridized carbons (Fsp3) is 0.222. The van der Waals surface area contributed by atoms with Gasteiger partial charge in [-0.25, -0.2) is 0 Å². The van der Waals surface area contributed by atoms with Crippen LogP contribution < -0.4 is 0 Å². The van der Waals surface area contributed by atoms with Gasteiger partial charge in [0.15, 0.2) is 0 Å². The molecule has 0 spiro atoms. The molecule has 12 heteroatoms. The summed E-state index contributed by atoms with van der Waals surface area (Å²) in [6.07, 6.45) is 12.7. The Labute approximate surface area is 381 Å². The Kier molecular flexibility index (Phi) is 11.5. The average molecular weight is 877 g/mol. The first-order chi connectivity index (χ1) is 32.1. The van der Waals surface area contributed by atoms with Crippen molar-refractivity contribution in [1.29, 1.82) is 0 Å². The van der Waals surface area contributed by atoms with Crippen molar-refractivity contribution < 1.29 is 30.6 Å². The molecule has 18 bridgehead atoms. The summed E-state index contributed by atoms with van der Waals surface area (Å²) in [6.45, 7) is 1.97. The third kappa shape index (κ3) is 8.82. The van der Waals surface area contributed by atoms with Gasteiger partial charge in [-0.15, -0.1) is 0 Å². The van der Waals surface area contributed by atoms with Gasteiger partial charge in [-0.2, -0.15) is 0 Å². The minimum atomic E-state index is 0.0813. The number of hydrogen-bond donors (Lipinski definition) is 6. The second kappa shape index (κ2) is 18.0. The van der Waals surface area contributed by atoms with Crippen LogP contribution in [0.15, 0.2) is 103 Å². The van der Waals surface area contributed by atoms with Crippen molar-refractivity contribution in [2.75, 3.05) is 39.3 Å². The number of aromatic hydroxyl groups is 6. The lowest BCUT2D eigenvalue weighted by molar-refractivity contribution is 0.472. The van der Waals surface area contributed by atoms with Gasteiger partial charge >= 0.3 is 0 Å². The van der Waals surface area contributed by atoms with Crippen molar-refractivity contribution in [3.8, 4) is 34.5 Å². The maximum Gasteiger partial charge on any atom is 0.124 e. The number of hydrogen-bond acceptors (Lipinski definition) is 12. The molecule has 0 aromatic heterocycles. The largest absolute Gasteiger partial charge is 0.507 e.